The number of aryl methyl sites for hydroxylation is 2. The van der Waals surface area contributed by atoms with E-state index in [2.05, 4.69) is 65.0 Å². The highest BCUT2D eigenvalue weighted by Crippen LogP contribution is 2.30. The number of benzene rings is 2. The Labute approximate surface area is 168 Å². The maximum Gasteiger partial charge on any atom is 0.272 e. The molecule has 3 aromatic heterocycles. The maximum atomic E-state index is 4.82. The van der Waals surface area contributed by atoms with Gasteiger partial charge in [-0.3, -0.25) is 0 Å². The fourth-order valence-electron chi connectivity index (χ4n) is 4.27. The van der Waals surface area contributed by atoms with Crippen molar-refractivity contribution in [3.63, 3.8) is 0 Å². The Bertz CT molecular complexity index is 1350. The first-order chi connectivity index (χ1) is 14.1. The van der Waals surface area contributed by atoms with Gasteiger partial charge in [0.1, 0.15) is 5.52 Å². The fraction of sp³-hybridized carbons (Fsp3) is 0.217. The molecule has 5 aromatic rings. The Balaban J connectivity index is 1.66. The molecule has 1 unspecified atom stereocenters. The van der Waals surface area contributed by atoms with Crippen LogP contribution in [0.5, 0.6) is 0 Å². The van der Waals surface area contributed by atoms with Gasteiger partial charge in [0.15, 0.2) is 5.65 Å². The van der Waals surface area contributed by atoms with Gasteiger partial charge in [0.25, 0.3) is 5.95 Å². The molecule has 0 aliphatic heterocycles. The number of hydrogen-bond donors (Lipinski definition) is 0. The van der Waals surface area contributed by atoms with Crippen LogP contribution in [0.2, 0.25) is 0 Å². The summed E-state index contributed by atoms with van der Waals surface area (Å²) in [7, 11) is 2.01. The van der Waals surface area contributed by atoms with E-state index in [0.717, 1.165) is 33.5 Å². The van der Waals surface area contributed by atoms with Crippen molar-refractivity contribution in [1.82, 2.24) is 29.5 Å². The molecular weight excluding hydrogens is 360 g/mol. The molecule has 6 nitrogen and oxygen atoms in total. The van der Waals surface area contributed by atoms with Gasteiger partial charge in [-0.2, -0.15) is 10.1 Å². The number of nitrogens with zero attached hydrogens (tertiary/aromatic N) is 6. The van der Waals surface area contributed by atoms with Crippen LogP contribution < -0.4 is 0 Å². The number of rotatable bonds is 3. The minimum Gasteiger partial charge on any atom is -0.327 e. The van der Waals surface area contributed by atoms with E-state index in [0.29, 0.717) is 5.95 Å². The van der Waals surface area contributed by atoms with E-state index in [1.807, 2.05) is 36.9 Å². The predicted molar refractivity (Wildman–Crippen MR) is 114 cm³/mol. The summed E-state index contributed by atoms with van der Waals surface area (Å²) in [5.41, 5.74) is 7.21. The smallest absolute Gasteiger partial charge is 0.272 e. The minimum atomic E-state index is 0.235. The molecule has 0 bridgehead atoms. The van der Waals surface area contributed by atoms with Gasteiger partial charge in [0, 0.05) is 29.6 Å². The lowest BCUT2D eigenvalue weighted by Gasteiger charge is -2.13. The van der Waals surface area contributed by atoms with Crippen molar-refractivity contribution >= 4 is 22.1 Å². The van der Waals surface area contributed by atoms with Crippen LogP contribution >= 0.6 is 0 Å². The molecule has 0 amide bonds. The second kappa shape index (κ2) is 6.51. The van der Waals surface area contributed by atoms with Crippen LogP contribution in [-0.2, 0) is 7.05 Å². The van der Waals surface area contributed by atoms with Crippen molar-refractivity contribution in [3.05, 3.63) is 77.1 Å². The standard InChI is InChI=1S/C23H22N6/c1-14(17-10-6-5-7-11-17)20-15(2)27-29(16(20)3)23-24-22-21(25-26-23)18-12-8-9-13-19(18)28(22)4/h5-14H,1-4H3. The predicted octanol–water partition coefficient (Wildman–Crippen LogP) is 4.47. The van der Waals surface area contributed by atoms with Gasteiger partial charge in [0.2, 0.25) is 0 Å². The molecule has 0 radical (unpaired) electrons. The molecule has 29 heavy (non-hydrogen) atoms. The molecule has 3 heterocycles. The molecule has 0 fully saturated rings. The van der Waals surface area contributed by atoms with Crippen LogP contribution in [0.4, 0.5) is 0 Å². The lowest BCUT2D eigenvalue weighted by molar-refractivity contribution is 0.751. The van der Waals surface area contributed by atoms with Gasteiger partial charge >= 0.3 is 0 Å². The SMILES string of the molecule is Cc1nn(-c2nnc3c4ccccc4n(C)c3n2)c(C)c1C(C)c1ccccc1. The molecule has 144 valence electrons. The first kappa shape index (κ1) is 17.6. The molecule has 0 N–H and O–H groups in total. The molecular formula is C23H22N6. The average molecular weight is 382 g/mol. The van der Waals surface area contributed by atoms with E-state index in [1.54, 1.807) is 0 Å². The van der Waals surface area contributed by atoms with Crippen molar-refractivity contribution in [2.75, 3.05) is 0 Å². The lowest BCUT2D eigenvalue weighted by atomic mass is 9.92. The van der Waals surface area contributed by atoms with E-state index in [4.69, 9.17) is 10.1 Å². The van der Waals surface area contributed by atoms with Gasteiger partial charge in [0.05, 0.1) is 11.2 Å². The topological polar surface area (TPSA) is 61.4 Å². The zero-order valence-corrected chi connectivity index (χ0v) is 17.0. The van der Waals surface area contributed by atoms with Crippen molar-refractivity contribution in [1.29, 1.82) is 0 Å². The van der Waals surface area contributed by atoms with Crippen LogP contribution in [0.1, 0.15) is 35.4 Å². The number of fused-ring (bicyclic) bond motifs is 3. The number of hydrogen-bond acceptors (Lipinski definition) is 4. The third-order valence-corrected chi connectivity index (χ3v) is 5.76. The fourth-order valence-corrected chi connectivity index (χ4v) is 4.27. The van der Waals surface area contributed by atoms with Crippen LogP contribution in [0.25, 0.3) is 28.0 Å². The summed E-state index contributed by atoms with van der Waals surface area (Å²) in [6, 6.07) is 18.6. The van der Waals surface area contributed by atoms with Gasteiger partial charge in [-0.05, 0) is 25.5 Å². The normalized spacial score (nSPS) is 12.7. The van der Waals surface area contributed by atoms with Gasteiger partial charge in [-0.15, -0.1) is 10.2 Å². The zero-order valence-electron chi connectivity index (χ0n) is 17.0. The summed E-state index contributed by atoms with van der Waals surface area (Å²) < 4.78 is 3.87. The number of aromatic nitrogens is 6. The molecule has 5 rings (SSSR count). The molecule has 0 aliphatic rings. The summed E-state index contributed by atoms with van der Waals surface area (Å²) in [5, 5.41) is 14.7. The molecule has 2 aromatic carbocycles. The van der Waals surface area contributed by atoms with E-state index in [-0.39, 0.29) is 5.92 Å². The molecule has 0 saturated carbocycles. The lowest BCUT2D eigenvalue weighted by Crippen LogP contribution is -2.08. The summed E-state index contributed by atoms with van der Waals surface area (Å²) in [6.45, 7) is 6.33. The second-order valence-corrected chi connectivity index (χ2v) is 7.49. The minimum absolute atomic E-state index is 0.235. The van der Waals surface area contributed by atoms with E-state index in [9.17, 15) is 0 Å². The third kappa shape index (κ3) is 2.63. The Morgan fingerprint density at radius 1 is 0.897 bits per heavy atom. The summed E-state index contributed by atoms with van der Waals surface area (Å²) in [4.78, 5) is 4.82. The van der Waals surface area contributed by atoms with E-state index < -0.39 is 0 Å². The Hall–Kier alpha value is -3.54. The summed E-state index contributed by atoms with van der Waals surface area (Å²) >= 11 is 0. The summed E-state index contributed by atoms with van der Waals surface area (Å²) in [6.07, 6.45) is 0. The van der Waals surface area contributed by atoms with Crippen molar-refractivity contribution in [3.8, 4) is 5.95 Å². The number of para-hydroxylation sites is 1. The Kier molecular flexibility index (Phi) is 3.94. The van der Waals surface area contributed by atoms with Gasteiger partial charge < -0.3 is 4.57 Å². The highest BCUT2D eigenvalue weighted by Gasteiger charge is 2.21. The van der Waals surface area contributed by atoms with Crippen LogP contribution in [0.3, 0.4) is 0 Å². The first-order valence-electron chi connectivity index (χ1n) is 9.75. The molecule has 0 spiro atoms. The average Bonchev–Trinajstić information content (AvgIpc) is 3.21. The van der Waals surface area contributed by atoms with E-state index in [1.165, 1.54) is 11.1 Å². The maximum absolute atomic E-state index is 4.82. The molecule has 0 aliphatic carbocycles. The van der Waals surface area contributed by atoms with Crippen molar-refractivity contribution in [2.45, 2.75) is 26.7 Å². The third-order valence-electron chi connectivity index (χ3n) is 5.76. The monoisotopic (exact) mass is 382 g/mol. The van der Waals surface area contributed by atoms with Gasteiger partial charge in [-0.25, -0.2) is 4.68 Å². The molecule has 6 heteroatoms. The van der Waals surface area contributed by atoms with Crippen molar-refractivity contribution < 1.29 is 0 Å². The summed E-state index contributed by atoms with van der Waals surface area (Å²) in [5.74, 6) is 0.731. The second-order valence-electron chi connectivity index (χ2n) is 7.49. The highest BCUT2D eigenvalue weighted by molar-refractivity contribution is 6.03. The highest BCUT2D eigenvalue weighted by atomic mass is 15.4. The van der Waals surface area contributed by atoms with Crippen LogP contribution in [-0.4, -0.2) is 29.5 Å². The van der Waals surface area contributed by atoms with Crippen molar-refractivity contribution in [2.24, 2.45) is 7.05 Å². The van der Waals surface area contributed by atoms with E-state index >= 15 is 0 Å². The Morgan fingerprint density at radius 3 is 2.41 bits per heavy atom. The quantitative estimate of drug-likeness (QED) is 0.462. The van der Waals surface area contributed by atoms with Gasteiger partial charge in [-0.1, -0.05) is 55.5 Å². The van der Waals surface area contributed by atoms with Crippen LogP contribution in [0, 0.1) is 13.8 Å². The molecule has 0 saturated heterocycles. The Morgan fingerprint density at radius 2 is 1.62 bits per heavy atom. The largest absolute Gasteiger partial charge is 0.327 e. The zero-order chi connectivity index (χ0) is 20.1. The first-order valence-corrected chi connectivity index (χ1v) is 9.75. The molecule has 1 atom stereocenters. The van der Waals surface area contributed by atoms with Crippen LogP contribution in [0.15, 0.2) is 54.6 Å².